The fourth-order valence-electron chi connectivity index (χ4n) is 1.12. The molecule has 0 aliphatic carbocycles. The highest BCUT2D eigenvalue weighted by molar-refractivity contribution is 9.10. The molecule has 1 aromatic carbocycles. The monoisotopic (exact) mass is 260 g/mol. The second-order valence-electron chi connectivity index (χ2n) is 2.96. The van der Waals surface area contributed by atoms with Gasteiger partial charge in [-0.3, -0.25) is 4.79 Å². The molecule has 0 aliphatic rings. The van der Waals surface area contributed by atoms with E-state index in [9.17, 15) is 9.18 Å². The Labute approximate surface area is 90.2 Å². The molecule has 2 nitrogen and oxygen atoms in total. The van der Waals surface area contributed by atoms with Crippen LogP contribution in [0.25, 0.3) is 0 Å². The van der Waals surface area contributed by atoms with Crippen LogP contribution in [0.15, 0.2) is 16.6 Å². The molecule has 1 rings (SSSR count). The number of hydrogen-bond acceptors (Lipinski definition) is 2. The molecule has 0 atom stereocenters. The Kier molecular flexibility index (Phi) is 3.63. The van der Waals surface area contributed by atoms with E-state index in [4.69, 9.17) is 0 Å². The molecular weight excluding hydrogens is 251 g/mol. The third-order valence-electron chi connectivity index (χ3n) is 1.83. The number of methoxy groups -OCH3 is 1. The Balaban J connectivity index is 3.02. The van der Waals surface area contributed by atoms with Crippen molar-refractivity contribution in [2.45, 2.75) is 13.3 Å². The first-order valence-corrected chi connectivity index (χ1v) is 4.85. The van der Waals surface area contributed by atoms with Crippen LogP contribution in [0.2, 0.25) is 0 Å². The Morgan fingerprint density at radius 2 is 2.21 bits per heavy atom. The van der Waals surface area contributed by atoms with Crippen LogP contribution in [0.5, 0.6) is 0 Å². The van der Waals surface area contributed by atoms with Crippen molar-refractivity contribution < 1.29 is 13.9 Å². The number of benzene rings is 1. The van der Waals surface area contributed by atoms with Gasteiger partial charge in [0.25, 0.3) is 0 Å². The van der Waals surface area contributed by atoms with Crippen molar-refractivity contribution >= 4 is 21.9 Å². The summed E-state index contributed by atoms with van der Waals surface area (Å²) in [4.78, 5) is 11.0. The zero-order chi connectivity index (χ0) is 10.7. The minimum Gasteiger partial charge on any atom is -0.469 e. The fraction of sp³-hybridized carbons (Fsp3) is 0.300. The van der Waals surface area contributed by atoms with Gasteiger partial charge in [-0.2, -0.15) is 0 Å². The van der Waals surface area contributed by atoms with Gasteiger partial charge in [0.1, 0.15) is 5.82 Å². The molecule has 0 N–H and O–H groups in total. The summed E-state index contributed by atoms with van der Waals surface area (Å²) in [6, 6.07) is 3.16. The number of hydrogen-bond donors (Lipinski definition) is 0. The van der Waals surface area contributed by atoms with Crippen LogP contribution in [0.4, 0.5) is 4.39 Å². The second-order valence-corrected chi connectivity index (χ2v) is 3.81. The molecule has 76 valence electrons. The molecular formula is C10H10BrFO2. The lowest BCUT2D eigenvalue weighted by molar-refractivity contribution is -0.139. The van der Waals surface area contributed by atoms with Crippen molar-refractivity contribution in [1.82, 2.24) is 0 Å². The highest BCUT2D eigenvalue weighted by Gasteiger charge is 2.12. The van der Waals surface area contributed by atoms with Crippen LogP contribution in [0, 0.1) is 12.7 Å². The minimum absolute atomic E-state index is 0.0524. The number of esters is 1. The highest BCUT2D eigenvalue weighted by Crippen LogP contribution is 2.22. The van der Waals surface area contributed by atoms with Gasteiger partial charge in [0, 0.05) is 10.0 Å². The SMILES string of the molecule is COC(=O)Cc1c(F)cc(C)cc1Br. The molecule has 0 unspecified atom stereocenters. The lowest BCUT2D eigenvalue weighted by atomic mass is 10.1. The van der Waals surface area contributed by atoms with Crippen molar-refractivity contribution in [2.24, 2.45) is 0 Å². The van der Waals surface area contributed by atoms with Gasteiger partial charge < -0.3 is 4.74 Å². The number of ether oxygens (including phenoxy) is 1. The minimum atomic E-state index is -0.451. The molecule has 4 heteroatoms. The molecule has 0 amide bonds. The molecule has 0 saturated carbocycles. The van der Waals surface area contributed by atoms with Gasteiger partial charge in [0.2, 0.25) is 0 Å². The Bertz CT molecular complexity index is 340. The fourth-order valence-corrected chi connectivity index (χ4v) is 1.81. The zero-order valence-corrected chi connectivity index (χ0v) is 9.52. The van der Waals surface area contributed by atoms with Gasteiger partial charge in [-0.1, -0.05) is 15.9 Å². The first kappa shape index (κ1) is 11.2. The van der Waals surface area contributed by atoms with E-state index in [1.54, 1.807) is 13.0 Å². The summed E-state index contributed by atoms with van der Waals surface area (Å²) in [6.07, 6.45) is -0.0524. The maximum Gasteiger partial charge on any atom is 0.310 e. The van der Waals surface area contributed by atoms with E-state index in [2.05, 4.69) is 20.7 Å². The quantitative estimate of drug-likeness (QED) is 0.765. The van der Waals surface area contributed by atoms with Crippen LogP contribution < -0.4 is 0 Å². The molecule has 0 spiro atoms. The molecule has 0 radical (unpaired) electrons. The summed E-state index contributed by atoms with van der Waals surface area (Å²) < 4.78 is 18.4. The van der Waals surface area contributed by atoms with E-state index in [0.29, 0.717) is 10.0 Å². The largest absolute Gasteiger partial charge is 0.469 e. The predicted octanol–water partition coefficient (Wildman–Crippen LogP) is 2.61. The van der Waals surface area contributed by atoms with Crippen molar-refractivity contribution in [3.63, 3.8) is 0 Å². The van der Waals surface area contributed by atoms with Crippen LogP contribution in [0.3, 0.4) is 0 Å². The predicted molar refractivity (Wildman–Crippen MR) is 54.6 cm³/mol. The topological polar surface area (TPSA) is 26.3 Å². The van der Waals surface area contributed by atoms with Gasteiger partial charge in [0.05, 0.1) is 13.5 Å². The highest BCUT2D eigenvalue weighted by atomic mass is 79.9. The van der Waals surface area contributed by atoms with Gasteiger partial charge in [0.15, 0.2) is 0 Å². The number of carbonyl (C=O) groups is 1. The maximum atomic E-state index is 13.4. The third kappa shape index (κ3) is 2.54. The standard InChI is InChI=1S/C10H10BrFO2/c1-6-3-8(11)7(9(12)4-6)5-10(13)14-2/h3-4H,5H2,1-2H3. The summed E-state index contributed by atoms with van der Waals surface area (Å²) in [5.74, 6) is -0.837. The Morgan fingerprint density at radius 3 is 2.71 bits per heavy atom. The Hall–Kier alpha value is -0.900. The summed E-state index contributed by atoms with van der Waals surface area (Å²) >= 11 is 3.21. The molecule has 14 heavy (non-hydrogen) atoms. The number of carbonyl (C=O) groups excluding carboxylic acids is 1. The van der Waals surface area contributed by atoms with E-state index in [0.717, 1.165) is 5.56 Å². The zero-order valence-electron chi connectivity index (χ0n) is 7.93. The first-order valence-electron chi connectivity index (χ1n) is 4.06. The maximum absolute atomic E-state index is 13.4. The normalized spacial score (nSPS) is 10.0. The van der Waals surface area contributed by atoms with Crippen molar-refractivity contribution in [3.8, 4) is 0 Å². The number of rotatable bonds is 2. The van der Waals surface area contributed by atoms with Gasteiger partial charge in [-0.25, -0.2) is 4.39 Å². The van der Waals surface area contributed by atoms with Crippen LogP contribution in [-0.2, 0) is 16.0 Å². The first-order chi connectivity index (χ1) is 6.54. The van der Waals surface area contributed by atoms with E-state index in [1.807, 2.05) is 0 Å². The van der Waals surface area contributed by atoms with Crippen LogP contribution in [0.1, 0.15) is 11.1 Å². The number of halogens is 2. The van der Waals surface area contributed by atoms with Gasteiger partial charge >= 0.3 is 5.97 Å². The second kappa shape index (κ2) is 4.55. The van der Waals surface area contributed by atoms with Crippen LogP contribution in [-0.4, -0.2) is 13.1 Å². The summed E-state index contributed by atoms with van der Waals surface area (Å²) in [5.41, 5.74) is 1.14. The van der Waals surface area contributed by atoms with E-state index in [1.165, 1.54) is 13.2 Å². The van der Waals surface area contributed by atoms with E-state index in [-0.39, 0.29) is 12.2 Å². The van der Waals surface area contributed by atoms with E-state index < -0.39 is 5.97 Å². The van der Waals surface area contributed by atoms with Crippen LogP contribution >= 0.6 is 15.9 Å². The number of aryl methyl sites for hydroxylation is 1. The summed E-state index contributed by atoms with van der Waals surface area (Å²) in [5, 5.41) is 0. The third-order valence-corrected chi connectivity index (χ3v) is 2.54. The summed E-state index contributed by atoms with van der Waals surface area (Å²) in [7, 11) is 1.28. The van der Waals surface area contributed by atoms with Gasteiger partial charge in [-0.15, -0.1) is 0 Å². The van der Waals surface area contributed by atoms with Crippen molar-refractivity contribution in [2.75, 3.05) is 7.11 Å². The van der Waals surface area contributed by atoms with E-state index >= 15 is 0 Å². The molecule has 0 bridgehead atoms. The lowest BCUT2D eigenvalue weighted by Crippen LogP contribution is -2.07. The molecule has 0 heterocycles. The Morgan fingerprint density at radius 1 is 1.57 bits per heavy atom. The molecule has 0 aliphatic heterocycles. The average molecular weight is 261 g/mol. The van der Waals surface area contributed by atoms with Crippen molar-refractivity contribution in [1.29, 1.82) is 0 Å². The summed E-state index contributed by atoms with van der Waals surface area (Å²) in [6.45, 7) is 1.79. The van der Waals surface area contributed by atoms with Crippen molar-refractivity contribution in [3.05, 3.63) is 33.5 Å². The molecule has 0 saturated heterocycles. The average Bonchev–Trinajstić information content (AvgIpc) is 2.10. The van der Waals surface area contributed by atoms with Gasteiger partial charge in [-0.05, 0) is 24.6 Å². The smallest absolute Gasteiger partial charge is 0.310 e. The molecule has 0 aromatic heterocycles. The molecule has 1 aromatic rings. The molecule has 0 fully saturated rings. The lowest BCUT2D eigenvalue weighted by Gasteiger charge is -2.05.